The van der Waals surface area contributed by atoms with Crippen LogP contribution in [0, 0.1) is 5.41 Å². The maximum absolute atomic E-state index is 12.2. The van der Waals surface area contributed by atoms with E-state index in [0.29, 0.717) is 0 Å². The molecule has 98 valence electrons. The maximum Gasteiger partial charge on any atom is 0.226 e. The minimum absolute atomic E-state index is 0.0175. The average Bonchev–Trinajstić information content (AvgIpc) is 3.18. The van der Waals surface area contributed by atoms with Crippen molar-refractivity contribution in [2.24, 2.45) is 5.41 Å². The van der Waals surface area contributed by atoms with Crippen LogP contribution in [-0.2, 0) is 11.2 Å². The molecule has 0 radical (unpaired) electrons. The van der Waals surface area contributed by atoms with Gasteiger partial charge in [0.25, 0.3) is 0 Å². The van der Waals surface area contributed by atoms with Gasteiger partial charge in [0, 0.05) is 0 Å². The Balaban J connectivity index is 1.97. The zero-order valence-corrected chi connectivity index (χ0v) is 10.9. The van der Waals surface area contributed by atoms with Crippen molar-refractivity contribution in [1.82, 2.24) is 5.32 Å². The summed E-state index contributed by atoms with van der Waals surface area (Å²) in [6.07, 6.45) is 3.48. The summed E-state index contributed by atoms with van der Waals surface area (Å²) in [6, 6.07) is 10.0. The van der Waals surface area contributed by atoms with Crippen LogP contribution in [-0.4, -0.2) is 23.7 Å². The van der Waals surface area contributed by atoms with Gasteiger partial charge in [-0.2, -0.15) is 0 Å². The molecule has 0 aliphatic heterocycles. The lowest BCUT2D eigenvalue weighted by Crippen LogP contribution is -2.42. The van der Waals surface area contributed by atoms with Crippen LogP contribution in [0.15, 0.2) is 30.3 Å². The largest absolute Gasteiger partial charge is 0.394 e. The summed E-state index contributed by atoms with van der Waals surface area (Å²) < 4.78 is 0. The molecule has 0 heterocycles. The number of hydrogen-bond donors (Lipinski definition) is 2. The van der Waals surface area contributed by atoms with Crippen LogP contribution >= 0.6 is 0 Å². The number of aliphatic hydroxyl groups excluding tert-OH is 1. The van der Waals surface area contributed by atoms with Gasteiger partial charge in [-0.1, -0.05) is 37.3 Å². The van der Waals surface area contributed by atoms with E-state index in [2.05, 4.69) is 17.4 Å². The van der Waals surface area contributed by atoms with E-state index in [1.54, 1.807) is 0 Å². The highest BCUT2D eigenvalue weighted by molar-refractivity contribution is 5.85. The van der Waals surface area contributed by atoms with E-state index in [-0.39, 0.29) is 24.0 Å². The number of amides is 1. The van der Waals surface area contributed by atoms with Gasteiger partial charge < -0.3 is 10.4 Å². The Labute approximate surface area is 108 Å². The molecular weight excluding hydrogens is 226 g/mol. The van der Waals surface area contributed by atoms with Gasteiger partial charge in [0.2, 0.25) is 5.91 Å². The Kier molecular flexibility index (Phi) is 4.02. The second-order valence-electron chi connectivity index (χ2n) is 5.20. The molecule has 1 aromatic rings. The van der Waals surface area contributed by atoms with Crippen molar-refractivity contribution >= 4 is 5.91 Å². The van der Waals surface area contributed by atoms with Crippen molar-refractivity contribution in [2.45, 2.75) is 38.6 Å². The molecule has 0 saturated heterocycles. The topological polar surface area (TPSA) is 49.3 Å². The van der Waals surface area contributed by atoms with E-state index in [9.17, 15) is 4.79 Å². The molecule has 2 rings (SSSR count). The van der Waals surface area contributed by atoms with E-state index in [4.69, 9.17) is 5.11 Å². The normalized spacial score (nSPS) is 18.1. The number of carbonyl (C=O) groups is 1. The molecule has 1 aliphatic carbocycles. The SMILES string of the molecule is CC[C@H](CO)NC(=O)C1(Cc2ccccc2)CC1. The van der Waals surface area contributed by atoms with Gasteiger partial charge in [0.1, 0.15) is 0 Å². The number of rotatable bonds is 6. The number of hydrogen-bond acceptors (Lipinski definition) is 2. The van der Waals surface area contributed by atoms with E-state index in [1.807, 2.05) is 25.1 Å². The van der Waals surface area contributed by atoms with Gasteiger partial charge >= 0.3 is 0 Å². The molecule has 0 unspecified atom stereocenters. The smallest absolute Gasteiger partial charge is 0.226 e. The van der Waals surface area contributed by atoms with Crippen molar-refractivity contribution in [3.8, 4) is 0 Å². The van der Waals surface area contributed by atoms with Gasteiger partial charge in [-0.25, -0.2) is 0 Å². The molecule has 1 fully saturated rings. The van der Waals surface area contributed by atoms with Crippen LogP contribution < -0.4 is 5.32 Å². The molecule has 0 aromatic heterocycles. The predicted octanol–water partition coefficient (Wildman–Crippen LogP) is 1.90. The number of aliphatic hydroxyl groups is 1. The third-order valence-electron chi connectivity index (χ3n) is 3.77. The average molecular weight is 247 g/mol. The first-order chi connectivity index (χ1) is 8.70. The fourth-order valence-electron chi connectivity index (χ4n) is 2.24. The Morgan fingerprint density at radius 3 is 2.56 bits per heavy atom. The summed E-state index contributed by atoms with van der Waals surface area (Å²) in [4.78, 5) is 12.2. The van der Waals surface area contributed by atoms with Crippen LogP contribution in [0.2, 0.25) is 0 Å². The van der Waals surface area contributed by atoms with Gasteiger partial charge in [0.05, 0.1) is 18.1 Å². The van der Waals surface area contributed by atoms with Crippen LogP contribution in [0.1, 0.15) is 31.7 Å². The molecule has 1 aromatic carbocycles. The Hall–Kier alpha value is -1.35. The first-order valence-electron chi connectivity index (χ1n) is 6.66. The third kappa shape index (κ3) is 2.91. The minimum Gasteiger partial charge on any atom is -0.394 e. The predicted molar refractivity (Wildman–Crippen MR) is 71.1 cm³/mol. The Morgan fingerprint density at radius 2 is 2.06 bits per heavy atom. The lowest BCUT2D eigenvalue weighted by atomic mass is 9.95. The highest BCUT2D eigenvalue weighted by Gasteiger charge is 2.49. The molecule has 0 bridgehead atoms. The fraction of sp³-hybridized carbons (Fsp3) is 0.533. The molecular formula is C15H21NO2. The van der Waals surface area contributed by atoms with Crippen LogP contribution in [0.4, 0.5) is 0 Å². The number of nitrogens with one attached hydrogen (secondary N) is 1. The fourth-order valence-corrected chi connectivity index (χ4v) is 2.24. The summed E-state index contributed by atoms with van der Waals surface area (Å²) in [7, 11) is 0. The summed E-state index contributed by atoms with van der Waals surface area (Å²) in [5.41, 5.74) is 0.992. The first-order valence-corrected chi connectivity index (χ1v) is 6.66. The zero-order chi connectivity index (χ0) is 13.0. The zero-order valence-electron chi connectivity index (χ0n) is 10.9. The monoisotopic (exact) mass is 247 g/mol. The molecule has 1 aliphatic rings. The van der Waals surface area contributed by atoms with E-state index in [1.165, 1.54) is 5.56 Å². The quantitative estimate of drug-likeness (QED) is 0.806. The molecule has 1 atom stereocenters. The molecule has 1 amide bonds. The van der Waals surface area contributed by atoms with E-state index < -0.39 is 0 Å². The third-order valence-corrected chi connectivity index (χ3v) is 3.77. The van der Waals surface area contributed by atoms with Crippen molar-refractivity contribution in [2.75, 3.05) is 6.61 Å². The summed E-state index contributed by atoms with van der Waals surface area (Å²) >= 11 is 0. The van der Waals surface area contributed by atoms with Crippen molar-refractivity contribution in [3.63, 3.8) is 0 Å². The van der Waals surface area contributed by atoms with Crippen molar-refractivity contribution in [1.29, 1.82) is 0 Å². The second-order valence-corrected chi connectivity index (χ2v) is 5.20. The Bertz CT molecular complexity index is 394. The molecule has 1 saturated carbocycles. The molecule has 3 nitrogen and oxygen atoms in total. The summed E-state index contributed by atoms with van der Waals surface area (Å²) in [5, 5.41) is 12.1. The van der Waals surface area contributed by atoms with Gasteiger partial charge in [-0.05, 0) is 31.2 Å². The van der Waals surface area contributed by atoms with Crippen molar-refractivity contribution in [3.05, 3.63) is 35.9 Å². The molecule has 3 heteroatoms. The van der Waals surface area contributed by atoms with Gasteiger partial charge in [-0.3, -0.25) is 4.79 Å². The van der Waals surface area contributed by atoms with Crippen LogP contribution in [0.3, 0.4) is 0 Å². The van der Waals surface area contributed by atoms with Crippen molar-refractivity contribution < 1.29 is 9.90 Å². The minimum atomic E-state index is -0.218. The molecule has 18 heavy (non-hydrogen) atoms. The maximum atomic E-state index is 12.2. The standard InChI is InChI=1S/C15H21NO2/c1-2-13(11-17)16-14(18)15(8-9-15)10-12-6-4-3-5-7-12/h3-7,13,17H,2,8-11H2,1H3,(H,16,18)/t13-/m1/s1. The Morgan fingerprint density at radius 1 is 1.39 bits per heavy atom. The number of benzene rings is 1. The summed E-state index contributed by atoms with van der Waals surface area (Å²) in [6.45, 7) is 1.99. The second kappa shape index (κ2) is 5.53. The van der Waals surface area contributed by atoms with Crippen LogP contribution in [0.25, 0.3) is 0 Å². The lowest BCUT2D eigenvalue weighted by Gasteiger charge is -2.20. The molecule has 2 N–H and O–H groups in total. The van der Waals surface area contributed by atoms with E-state index in [0.717, 1.165) is 25.7 Å². The van der Waals surface area contributed by atoms with Gasteiger partial charge in [-0.15, -0.1) is 0 Å². The number of carbonyl (C=O) groups excluding carboxylic acids is 1. The molecule has 0 spiro atoms. The summed E-state index contributed by atoms with van der Waals surface area (Å²) in [5.74, 6) is 0.104. The van der Waals surface area contributed by atoms with E-state index >= 15 is 0 Å². The first kappa shape index (κ1) is 13.1. The van der Waals surface area contributed by atoms with Crippen LogP contribution in [0.5, 0.6) is 0 Å². The van der Waals surface area contributed by atoms with Gasteiger partial charge in [0.15, 0.2) is 0 Å². The highest BCUT2D eigenvalue weighted by atomic mass is 16.3. The lowest BCUT2D eigenvalue weighted by molar-refractivity contribution is -0.127. The highest BCUT2D eigenvalue weighted by Crippen LogP contribution is 2.48.